The normalized spacial score (nSPS) is 38.1. The van der Waals surface area contributed by atoms with Gasteiger partial charge in [-0.25, -0.2) is 5.90 Å². The van der Waals surface area contributed by atoms with Gasteiger partial charge in [0.05, 0.1) is 6.61 Å². The van der Waals surface area contributed by atoms with Crippen LogP contribution in [0.5, 0.6) is 5.75 Å². The maximum Gasteiger partial charge on any atom is 0.120 e. The molecule has 3 heteroatoms. The standard InChI is InChI=1S/C17H23NO2/c18-19-10-11-2-1-3-16(9-11)20-17-14-5-12-4-13(7-14)8-15(17)6-12/h1-3,9,12-15,17H,4-8,10,18H2. The van der Waals surface area contributed by atoms with E-state index in [4.69, 9.17) is 15.5 Å². The number of rotatable bonds is 4. The molecule has 3 nitrogen and oxygen atoms in total. The molecule has 0 radical (unpaired) electrons. The van der Waals surface area contributed by atoms with E-state index in [2.05, 4.69) is 12.1 Å². The number of hydrogen-bond donors (Lipinski definition) is 1. The largest absolute Gasteiger partial charge is 0.490 e. The van der Waals surface area contributed by atoms with Gasteiger partial charge in [0, 0.05) is 0 Å². The minimum absolute atomic E-state index is 0.442. The molecule has 0 saturated heterocycles. The summed E-state index contributed by atoms with van der Waals surface area (Å²) < 4.78 is 6.38. The van der Waals surface area contributed by atoms with Gasteiger partial charge in [0.1, 0.15) is 11.9 Å². The molecule has 0 atom stereocenters. The zero-order valence-electron chi connectivity index (χ0n) is 11.8. The average molecular weight is 273 g/mol. The zero-order valence-corrected chi connectivity index (χ0v) is 11.8. The van der Waals surface area contributed by atoms with E-state index in [-0.39, 0.29) is 0 Å². The first-order chi connectivity index (χ1) is 9.81. The molecule has 4 aliphatic carbocycles. The molecule has 108 valence electrons. The van der Waals surface area contributed by atoms with Crippen LogP contribution in [-0.2, 0) is 11.4 Å². The summed E-state index contributed by atoms with van der Waals surface area (Å²) in [5.41, 5.74) is 1.08. The van der Waals surface area contributed by atoms with Gasteiger partial charge in [-0.15, -0.1) is 0 Å². The summed E-state index contributed by atoms with van der Waals surface area (Å²) >= 11 is 0. The van der Waals surface area contributed by atoms with Crippen LogP contribution in [0.15, 0.2) is 24.3 Å². The van der Waals surface area contributed by atoms with Gasteiger partial charge in [-0.3, -0.25) is 4.84 Å². The summed E-state index contributed by atoms with van der Waals surface area (Å²) in [6, 6.07) is 8.18. The quantitative estimate of drug-likeness (QED) is 0.856. The Bertz CT molecular complexity index is 460. The fourth-order valence-electron chi connectivity index (χ4n) is 5.03. The fraction of sp³-hybridized carbons (Fsp3) is 0.647. The van der Waals surface area contributed by atoms with E-state index < -0.39 is 0 Å². The summed E-state index contributed by atoms with van der Waals surface area (Å²) in [5, 5.41) is 0. The molecule has 4 aliphatic rings. The number of nitrogens with two attached hydrogens (primary N) is 1. The maximum atomic E-state index is 6.38. The maximum absolute atomic E-state index is 6.38. The predicted octanol–water partition coefficient (Wildman–Crippen LogP) is 3.28. The Labute approximate surface area is 120 Å². The van der Waals surface area contributed by atoms with Crippen molar-refractivity contribution in [3.05, 3.63) is 29.8 Å². The van der Waals surface area contributed by atoms with Crippen LogP contribution >= 0.6 is 0 Å². The highest BCUT2D eigenvalue weighted by Gasteiger charge is 2.49. The molecule has 1 aromatic rings. The summed E-state index contributed by atoms with van der Waals surface area (Å²) in [6.45, 7) is 0.443. The van der Waals surface area contributed by atoms with Crippen LogP contribution in [0, 0.1) is 23.7 Å². The van der Waals surface area contributed by atoms with E-state index in [1.165, 1.54) is 32.1 Å². The van der Waals surface area contributed by atoms with Crippen molar-refractivity contribution in [1.29, 1.82) is 0 Å². The monoisotopic (exact) mass is 273 g/mol. The first-order valence-electron chi connectivity index (χ1n) is 7.89. The van der Waals surface area contributed by atoms with Crippen molar-refractivity contribution >= 4 is 0 Å². The molecule has 0 unspecified atom stereocenters. The molecule has 2 N–H and O–H groups in total. The van der Waals surface area contributed by atoms with Crippen LogP contribution in [0.4, 0.5) is 0 Å². The van der Waals surface area contributed by atoms with Crippen molar-refractivity contribution in [3.63, 3.8) is 0 Å². The van der Waals surface area contributed by atoms with Crippen LogP contribution < -0.4 is 10.6 Å². The highest BCUT2D eigenvalue weighted by molar-refractivity contribution is 5.28. The van der Waals surface area contributed by atoms with Gasteiger partial charge in [-0.05, 0) is 73.5 Å². The Balaban J connectivity index is 1.50. The van der Waals surface area contributed by atoms with Crippen molar-refractivity contribution in [2.45, 2.75) is 44.8 Å². The van der Waals surface area contributed by atoms with Gasteiger partial charge >= 0.3 is 0 Å². The molecule has 0 aromatic heterocycles. The lowest BCUT2D eigenvalue weighted by atomic mass is 9.55. The SMILES string of the molecule is NOCc1cccc(OC2C3CC4CC(C3)CC2C4)c1. The number of hydrogen-bond acceptors (Lipinski definition) is 3. The van der Waals surface area contributed by atoms with Gasteiger partial charge in [0.2, 0.25) is 0 Å². The molecule has 0 aliphatic heterocycles. The summed E-state index contributed by atoms with van der Waals surface area (Å²) in [7, 11) is 0. The van der Waals surface area contributed by atoms with Crippen LogP contribution in [0.2, 0.25) is 0 Å². The molecular formula is C17H23NO2. The highest BCUT2D eigenvalue weighted by atomic mass is 16.6. The molecule has 0 spiro atoms. The van der Waals surface area contributed by atoms with Gasteiger partial charge in [-0.2, -0.15) is 0 Å². The van der Waals surface area contributed by atoms with Crippen molar-refractivity contribution in [2.75, 3.05) is 0 Å². The Kier molecular flexibility index (Phi) is 3.20. The first kappa shape index (κ1) is 12.7. The molecule has 4 saturated carbocycles. The van der Waals surface area contributed by atoms with E-state index in [9.17, 15) is 0 Å². The van der Waals surface area contributed by atoms with Gasteiger partial charge in [-0.1, -0.05) is 12.1 Å². The second kappa shape index (κ2) is 5.05. The Morgan fingerprint density at radius 3 is 2.35 bits per heavy atom. The minimum atomic E-state index is 0.442. The lowest BCUT2D eigenvalue weighted by Crippen LogP contribution is -2.50. The molecule has 5 rings (SSSR count). The van der Waals surface area contributed by atoms with Crippen LogP contribution in [-0.4, -0.2) is 6.10 Å². The highest BCUT2D eigenvalue weighted by Crippen LogP contribution is 2.54. The fourth-order valence-corrected chi connectivity index (χ4v) is 5.03. The minimum Gasteiger partial charge on any atom is -0.490 e. The van der Waals surface area contributed by atoms with E-state index in [0.717, 1.165) is 35.0 Å². The second-order valence-corrected chi connectivity index (χ2v) is 6.97. The third-order valence-corrected chi connectivity index (χ3v) is 5.56. The smallest absolute Gasteiger partial charge is 0.120 e. The summed E-state index contributed by atoms with van der Waals surface area (Å²) in [4.78, 5) is 4.71. The van der Waals surface area contributed by atoms with Gasteiger partial charge in [0.15, 0.2) is 0 Å². The van der Waals surface area contributed by atoms with Crippen LogP contribution in [0.3, 0.4) is 0 Å². The molecule has 20 heavy (non-hydrogen) atoms. The lowest BCUT2D eigenvalue weighted by Gasteiger charge is -2.53. The second-order valence-electron chi connectivity index (χ2n) is 6.97. The van der Waals surface area contributed by atoms with E-state index in [1.807, 2.05) is 12.1 Å². The number of ether oxygens (including phenoxy) is 1. The van der Waals surface area contributed by atoms with Crippen molar-refractivity contribution in [1.82, 2.24) is 0 Å². The predicted molar refractivity (Wildman–Crippen MR) is 76.9 cm³/mol. The van der Waals surface area contributed by atoms with Crippen molar-refractivity contribution < 1.29 is 9.57 Å². The molecule has 4 bridgehead atoms. The Hall–Kier alpha value is -1.06. The summed E-state index contributed by atoms with van der Waals surface area (Å²) in [6.07, 6.45) is 7.50. The molecule has 0 heterocycles. The van der Waals surface area contributed by atoms with Gasteiger partial charge < -0.3 is 4.74 Å². The Morgan fingerprint density at radius 1 is 1.00 bits per heavy atom. The third kappa shape index (κ3) is 2.23. The van der Waals surface area contributed by atoms with Gasteiger partial charge in [0.25, 0.3) is 0 Å². The summed E-state index contributed by atoms with van der Waals surface area (Å²) in [5.74, 6) is 9.71. The van der Waals surface area contributed by atoms with E-state index in [0.29, 0.717) is 12.7 Å². The molecule has 1 aromatic carbocycles. The van der Waals surface area contributed by atoms with Crippen molar-refractivity contribution in [3.8, 4) is 5.75 Å². The lowest BCUT2D eigenvalue weighted by molar-refractivity contribution is -0.0790. The molecule has 0 amide bonds. The zero-order chi connectivity index (χ0) is 13.5. The Morgan fingerprint density at radius 2 is 1.70 bits per heavy atom. The van der Waals surface area contributed by atoms with Crippen LogP contribution in [0.25, 0.3) is 0 Å². The van der Waals surface area contributed by atoms with E-state index >= 15 is 0 Å². The average Bonchev–Trinajstić information content (AvgIpc) is 2.43. The topological polar surface area (TPSA) is 44.5 Å². The first-order valence-corrected chi connectivity index (χ1v) is 7.89. The number of benzene rings is 1. The molecule has 4 fully saturated rings. The molecular weight excluding hydrogens is 250 g/mol. The van der Waals surface area contributed by atoms with E-state index in [1.54, 1.807) is 0 Å². The van der Waals surface area contributed by atoms with Crippen LogP contribution in [0.1, 0.15) is 37.7 Å². The van der Waals surface area contributed by atoms with Crippen molar-refractivity contribution in [2.24, 2.45) is 29.6 Å². The third-order valence-electron chi connectivity index (χ3n) is 5.56.